The first kappa shape index (κ1) is 17.3. The highest BCUT2D eigenvalue weighted by Gasteiger charge is 2.17. The van der Waals surface area contributed by atoms with Gasteiger partial charge in [0.05, 0.1) is 7.11 Å². The molecule has 0 aromatic heterocycles. The second-order valence-corrected chi connectivity index (χ2v) is 6.03. The van der Waals surface area contributed by atoms with Gasteiger partial charge in [0.2, 0.25) is 11.8 Å². The Morgan fingerprint density at radius 3 is 2.43 bits per heavy atom. The average Bonchev–Trinajstić information content (AvgIpc) is 2.56. The molecule has 126 valence electrons. The van der Waals surface area contributed by atoms with Gasteiger partial charge in [-0.3, -0.25) is 9.59 Å². The highest BCUT2D eigenvalue weighted by Crippen LogP contribution is 2.17. The third kappa shape index (κ3) is 6.30. The maximum absolute atomic E-state index is 11.8. The summed E-state index contributed by atoms with van der Waals surface area (Å²) in [6.45, 7) is 0.530. The molecular formula is C18H26N2O3. The maximum Gasteiger partial charge on any atom is 0.229 e. The van der Waals surface area contributed by atoms with Crippen molar-refractivity contribution in [1.82, 2.24) is 10.6 Å². The number of carbonyl (C=O) groups excluding carboxylic acids is 2. The molecule has 0 bridgehead atoms. The van der Waals surface area contributed by atoms with Gasteiger partial charge in [-0.05, 0) is 37.0 Å². The van der Waals surface area contributed by atoms with Crippen LogP contribution in [0.3, 0.4) is 0 Å². The van der Waals surface area contributed by atoms with Crippen LogP contribution in [0.5, 0.6) is 5.75 Å². The molecule has 23 heavy (non-hydrogen) atoms. The van der Waals surface area contributed by atoms with Crippen LogP contribution in [0.25, 0.3) is 0 Å². The van der Waals surface area contributed by atoms with Gasteiger partial charge in [0.15, 0.2) is 0 Å². The van der Waals surface area contributed by atoms with Gasteiger partial charge in [0.1, 0.15) is 12.2 Å². The van der Waals surface area contributed by atoms with E-state index in [1.54, 1.807) is 7.11 Å². The van der Waals surface area contributed by atoms with Crippen LogP contribution in [-0.4, -0.2) is 31.5 Å². The van der Waals surface area contributed by atoms with Gasteiger partial charge in [-0.25, -0.2) is 0 Å². The Hall–Kier alpha value is -2.04. The highest BCUT2D eigenvalue weighted by atomic mass is 16.5. The SMILES string of the molecule is COc1ccc(CCNC(=O)CC(=O)NC2CCCCC2)cc1. The molecule has 1 aliphatic carbocycles. The zero-order chi connectivity index (χ0) is 16.5. The third-order valence-corrected chi connectivity index (χ3v) is 4.19. The molecule has 1 saturated carbocycles. The molecule has 1 aliphatic rings. The molecule has 0 atom stereocenters. The van der Waals surface area contributed by atoms with Crippen LogP contribution < -0.4 is 15.4 Å². The minimum absolute atomic E-state index is 0.0842. The van der Waals surface area contributed by atoms with Crippen LogP contribution in [0.2, 0.25) is 0 Å². The monoisotopic (exact) mass is 318 g/mol. The van der Waals surface area contributed by atoms with Crippen molar-refractivity contribution in [1.29, 1.82) is 0 Å². The first-order valence-corrected chi connectivity index (χ1v) is 8.36. The first-order valence-electron chi connectivity index (χ1n) is 8.36. The summed E-state index contributed by atoms with van der Waals surface area (Å²) in [4.78, 5) is 23.6. The Kier molecular flexibility index (Phi) is 6.91. The topological polar surface area (TPSA) is 67.4 Å². The minimum atomic E-state index is -0.216. The molecule has 5 nitrogen and oxygen atoms in total. The zero-order valence-corrected chi connectivity index (χ0v) is 13.8. The molecule has 5 heteroatoms. The second kappa shape index (κ2) is 9.18. The fourth-order valence-electron chi connectivity index (χ4n) is 2.87. The molecule has 1 aromatic carbocycles. The van der Waals surface area contributed by atoms with E-state index < -0.39 is 0 Å². The normalized spacial score (nSPS) is 15.0. The van der Waals surface area contributed by atoms with Gasteiger partial charge in [0, 0.05) is 12.6 Å². The summed E-state index contributed by atoms with van der Waals surface area (Å²) in [5.41, 5.74) is 1.12. The summed E-state index contributed by atoms with van der Waals surface area (Å²) in [5, 5.41) is 5.75. The van der Waals surface area contributed by atoms with Crippen molar-refractivity contribution in [3.8, 4) is 5.75 Å². The molecule has 0 aliphatic heterocycles. The van der Waals surface area contributed by atoms with E-state index >= 15 is 0 Å². The number of carbonyl (C=O) groups is 2. The molecule has 2 rings (SSSR count). The van der Waals surface area contributed by atoms with Crippen LogP contribution in [-0.2, 0) is 16.0 Å². The number of amides is 2. The quantitative estimate of drug-likeness (QED) is 0.757. The minimum Gasteiger partial charge on any atom is -0.497 e. The Labute approximate surface area is 137 Å². The summed E-state index contributed by atoms with van der Waals surface area (Å²) < 4.78 is 5.10. The summed E-state index contributed by atoms with van der Waals surface area (Å²) >= 11 is 0. The van der Waals surface area contributed by atoms with Crippen molar-refractivity contribution in [2.24, 2.45) is 0 Å². The van der Waals surface area contributed by atoms with Crippen LogP contribution in [0, 0.1) is 0 Å². The number of methoxy groups -OCH3 is 1. The van der Waals surface area contributed by atoms with Crippen molar-refractivity contribution >= 4 is 11.8 Å². The van der Waals surface area contributed by atoms with Crippen LogP contribution in [0.4, 0.5) is 0 Å². The molecule has 0 radical (unpaired) electrons. The summed E-state index contributed by atoms with van der Waals surface area (Å²) in [5.74, 6) is 0.433. The lowest BCUT2D eigenvalue weighted by atomic mass is 9.95. The Morgan fingerprint density at radius 1 is 1.09 bits per heavy atom. The van der Waals surface area contributed by atoms with E-state index in [-0.39, 0.29) is 24.3 Å². The molecule has 2 N–H and O–H groups in total. The molecule has 2 amide bonds. The van der Waals surface area contributed by atoms with Crippen molar-refractivity contribution < 1.29 is 14.3 Å². The molecule has 1 aromatic rings. The van der Waals surface area contributed by atoms with E-state index in [0.717, 1.165) is 30.6 Å². The number of benzene rings is 1. The number of rotatable bonds is 7. The number of ether oxygens (including phenoxy) is 1. The van der Waals surface area contributed by atoms with Crippen molar-refractivity contribution in [2.75, 3.05) is 13.7 Å². The van der Waals surface area contributed by atoms with Crippen LogP contribution >= 0.6 is 0 Å². The summed E-state index contributed by atoms with van der Waals surface area (Å²) in [7, 11) is 1.63. The first-order chi connectivity index (χ1) is 11.2. The van der Waals surface area contributed by atoms with Crippen LogP contribution in [0.1, 0.15) is 44.1 Å². The van der Waals surface area contributed by atoms with Gasteiger partial charge in [0.25, 0.3) is 0 Å². The summed E-state index contributed by atoms with van der Waals surface area (Å²) in [6, 6.07) is 7.99. The Balaban J connectivity index is 1.62. The van der Waals surface area contributed by atoms with Crippen molar-refractivity contribution in [3.05, 3.63) is 29.8 Å². The van der Waals surface area contributed by atoms with Gasteiger partial charge < -0.3 is 15.4 Å². The molecule has 0 saturated heterocycles. The van der Waals surface area contributed by atoms with E-state index in [9.17, 15) is 9.59 Å². The van der Waals surface area contributed by atoms with E-state index in [2.05, 4.69) is 10.6 Å². The fourth-order valence-corrected chi connectivity index (χ4v) is 2.87. The third-order valence-electron chi connectivity index (χ3n) is 4.19. The Bertz CT molecular complexity index is 508. The standard InChI is InChI=1S/C18H26N2O3/c1-23-16-9-7-14(8-10-16)11-12-19-17(21)13-18(22)20-15-5-3-2-4-6-15/h7-10,15H,2-6,11-13H2,1H3,(H,19,21)(H,20,22). The predicted octanol–water partition coefficient (Wildman–Crippen LogP) is 2.19. The van der Waals surface area contributed by atoms with E-state index in [4.69, 9.17) is 4.74 Å². The molecular weight excluding hydrogens is 292 g/mol. The number of hydrogen-bond acceptors (Lipinski definition) is 3. The lowest BCUT2D eigenvalue weighted by Crippen LogP contribution is -2.39. The van der Waals surface area contributed by atoms with E-state index in [1.807, 2.05) is 24.3 Å². The highest BCUT2D eigenvalue weighted by molar-refractivity contribution is 5.96. The molecule has 0 unspecified atom stereocenters. The number of hydrogen-bond donors (Lipinski definition) is 2. The van der Waals surface area contributed by atoms with Gasteiger partial charge in [-0.15, -0.1) is 0 Å². The largest absolute Gasteiger partial charge is 0.497 e. The number of nitrogens with one attached hydrogen (secondary N) is 2. The molecule has 1 fully saturated rings. The smallest absolute Gasteiger partial charge is 0.229 e. The average molecular weight is 318 g/mol. The van der Waals surface area contributed by atoms with E-state index in [1.165, 1.54) is 19.3 Å². The predicted molar refractivity (Wildman–Crippen MR) is 89.3 cm³/mol. The lowest BCUT2D eigenvalue weighted by molar-refractivity contribution is -0.129. The lowest BCUT2D eigenvalue weighted by Gasteiger charge is -2.22. The van der Waals surface area contributed by atoms with Gasteiger partial charge in [-0.2, -0.15) is 0 Å². The van der Waals surface area contributed by atoms with Crippen molar-refractivity contribution in [2.45, 2.75) is 51.0 Å². The zero-order valence-electron chi connectivity index (χ0n) is 13.8. The second-order valence-electron chi connectivity index (χ2n) is 6.03. The van der Waals surface area contributed by atoms with Crippen LogP contribution in [0.15, 0.2) is 24.3 Å². The molecule has 0 spiro atoms. The fraction of sp³-hybridized carbons (Fsp3) is 0.556. The molecule has 0 heterocycles. The van der Waals surface area contributed by atoms with Crippen molar-refractivity contribution in [3.63, 3.8) is 0 Å². The van der Waals surface area contributed by atoms with E-state index in [0.29, 0.717) is 6.54 Å². The maximum atomic E-state index is 11.8. The summed E-state index contributed by atoms with van der Waals surface area (Å²) in [6.07, 6.45) is 6.30. The van der Waals surface area contributed by atoms with Gasteiger partial charge >= 0.3 is 0 Å². The Morgan fingerprint density at radius 2 is 1.78 bits per heavy atom. The van der Waals surface area contributed by atoms with Gasteiger partial charge in [-0.1, -0.05) is 31.4 Å².